The summed E-state index contributed by atoms with van der Waals surface area (Å²) in [5, 5.41) is 3.92. The summed E-state index contributed by atoms with van der Waals surface area (Å²) in [6.07, 6.45) is 0. The third-order valence-corrected chi connectivity index (χ3v) is 3.66. The van der Waals surface area contributed by atoms with E-state index in [0.717, 1.165) is 34.4 Å². The Bertz CT molecular complexity index is 668. The molecule has 3 N–H and O–H groups in total. The number of benzene rings is 1. The summed E-state index contributed by atoms with van der Waals surface area (Å²) in [6, 6.07) is 8.19. The van der Waals surface area contributed by atoms with Gasteiger partial charge in [0.2, 0.25) is 5.91 Å². The number of anilines is 1. The molecule has 20 heavy (non-hydrogen) atoms. The van der Waals surface area contributed by atoms with Crippen LogP contribution < -0.4 is 16.0 Å². The van der Waals surface area contributed by atoms with Crippen LogP contribution in [0, 0.1) is 6.92 Å². The summed E-state index contributed by atoms with van der Waals surface area (Å²) in [4.78, 5) is 18.3. The van der Waals surface area contributed by atoms with Crippen LogP contribution in [0.3, 0.4) is 0 Å². The third-order valence-electron chi connectivity index (χ3n) is 3.66. The molecule has 1 aliphatic heterocycles. The van der Waals surface area contributed by atoms with E-state index in [2.05, 4.69) is 11.4 Å². The SMILES string of the molecule is Cc1cccc2cc(CN)c(N3CCNC(=O)C3)nc12. The zero-order valence-corrected chi connectivity index (χ0v) is 11.5. The van der Waals surface area contributed by atoms with E-state index in [1.54, 1.807) is 0 Å². The fourth-order valence-corrected chi connectivity index (χ4v) is 2.62. The van der Waals surface area contributed by atoms with Crippen LogP contribution in [0.25, 0.3) is 10.9 Å². The first-order valence-corrected chi connectivity index (χ1v) is 6.80. The number of hydrogen-bond donors (Lipinski definition) is 2. The molecule has 0 aliphatic carbocycles. The Balaban J connectivity index is 2.12. The van der Waals surface area contributed by atoms with E-state index in [1.165, 1.54) is 0 Å². The van der Waals surface area contributed by atoms with Crippen LogP contribution in [-0.2, 0) is 11.3 Å². The molecule has 1 aliphatic rings. The Labute approximate surface area is 117 Å². The highest BCUT2D eigenvalue weighted by atomic mass is 16.2. The van der Waals surface area contributed by atoms with Gasteiger partial charge in [-0.1, -0.05) is 18.2 Å². The molecule has 0 radical (unpaired) electrons. The highest BCUT2D eigenvalue weighted by Crippen LogP contribution is 2.25. The molecule has 0 bridgehead atoms. The molecule has 2 heterocycles. The number of amides is 1. The zero-order valence-electron chi connectivity index (χ0n) is 11.5. The largest absolute Gasteiger partial charge is 0.353 e. The van der Waals surface area contributed by atoms with Crippen molar-refractivity contribution in [1.29, 1.82) is 0 Å². The van der Waals surface area contributed by atoms with Crippen LogP contribution in [0.5, 0.6) is 0 Å². The lowest BCUT2D eigenvalue weighted by Gasteiger charge is -2.29. The molecule has 1 saturated heterocycles. The molecule has 1 amide bonds. The smallest absolute Gasteiger partial charge is 0.239 e. The number of hydrogen-bond acceptors (Lipinski definition) is 4. The fraction of sp³-hybridized carbons (Fsp3) is 0.333. The van der Waals surface area contributed by atoms with E-state index >= 15 is 0 Å². The summed E-state index contributed by atoms with van der Waals surface area (Å²) in [7, 11) is 0. The number of pyridine rings is 1. The molecule has 0 saturated carbocycles. The second-order valence-corrected chi connectivity index (χ2v) is 5.09. The summed E-state index contributed by atoms with van der Waals surface area (Å²) in [6.45, 7) is 4.23. The van der Waals surface area contributed by atoms with Gasteiger partial charge in [-0.2, -0.15) is 0 Å². The van der Waals surface area contributed by atoms with Crippen molar-refractivity contribution in [1.82, 2.24) is 10.3 Å². The first-order valence-electron chi connectivity index (χ1n) is 6.80. The Hall–Kier alpha value is -2.14. The Morgan fingerprint density at radius 3 is 3.05 bits per heavy atom. The fourth-order valence-electron chi connectivity index (χ4n) is 2.62. The van der Waals surface area contributed by atoms with E-state index in [-0.39, 0.29) is 5.91 Å². The first-order chi connectivity index (χ1) is 9.69. The standard InChI is InChI=1S/C15H18N4O/c1-10-3-2-4-11-7-12(8-16)15(18-14(10)11)19-6-5-17-13(20)9-19/h2-4,7H,5-6,8-9,16H2,1H3,(H,17,20). The zero-order chi connectivity index (χ0) is 14.1. The molecule has 1 aromatic heterocycles. The summed E-state index contributed by atoms with van der Waals surface area (Å²) >= 11 is 0. The van der Waals surface area contributed by atoms with Crippen LogP contribution in [0.15, 0.2) is 24.3 Å². The van der Waals surface area contributed by atoms with Crippen molar-refractivity contribution in [3.05, 3.63) is 35.4 Å². The molecule has 3 rings (SSSR count). The van der Waals surface area contributed by atoms with Crippen molar-refractivity contribution in [3.8, 4) is 0 Å². The van der Waals surface area contributed by atoms with Gasteiger partial charge >= 0.3 is 0 Å². The molecule has 104 valence electrons. The maximum absolute atomic E-state index is 11.6. The molecule has 0 spiro atoms. The number of para-hydroxylation sites is 1. The van der Waals surface area contributed by atoms with Crippen molar-refractivity contribution in [2.45, 2.75) is 13.5 Å². The molecular formula is C15H18N4O. The van der Waals surface area contributed by atoms with Crippen molar-refractivity contribution < 1.29 is 4.79 Å². The second-order valence-electron chi connectivity index (χ2n) is 5.09. The molecular weight excluding hydrogens is 252 g/mol. The Morgan fingerprint density at radius 1 is 1.45 bits per heavy atom. The number of nitrogens with one attached hydrogen (secondary N) is 1. The monoisotopic (exact) mass is 270 g/mol. The van der Waals surface area contributed by atoms with E-state index in [9.17, 15) is 4.79 Å². The van der Waals surface area contributed by atoms with Crippen molar-refractivity contribution in [2.24, 2.45) is 5.73 Å². The van der Waals surface area contributed by atoms with Gasteiger partial charge in [0.1, 0.15) is 5.82 Å². The average Bonchev–Trinajstić information content (AvgIpc) is 2.46. The van der Waals surface area contributed by atoms with Gasteiger partial charge in [-0.05, 0) is 18.6 Å². The lowest BCUT2D eigenvalue weighted by molar-refractivity contribution is -0.120. The Morgan fingerprint density at radius 2 is 2.30 bits per heavy atom. The number of aromatic nitrogens is 1. The predicted octanol–water partition coefficient (Wildman–Crippen LogP) is 0.938. The maximum Gasteiger partial charge on any atom is 0.239 e. The number of rotatable bonds is 2. The van der Waals surface area contributed by atoms with Gasteiger partial charge in [0, 0.05) is 30.6 Å². The van der Waals surface area contributed by atoms with Crippen molar-refractivity contribution >= 4 is 22.6 Å². The minimum absolute atomic E-state index is 0.0332. The van der Waals surface area contributed by atoms with Crippen LogP contribution in [0.2, 0.25) is 0 Å². The number of carbonyl (C=O) groups is 1. The van der Waals surface area contributed by atoms with Gasteiger partial charge < -0.3 is 16.0 Å². The lowest BCUT2D eigenvalue weighted by atomic mass is 10.1. The van der Waals surface area contributed by atoms with Gasteiger partial charge in [-0.3, -0.25) is 4.79 Å². The van der Waals surface area contributed by atoms with Crippen molar-refractivity contribution in [3.63, 3.8) is 0 Å². The number of carbonyl (C=O) groups excluding carboxylic acids is 1. The van der Waals surface area contributed by atoms with Crippen LogP contribution >= 0.6 is 0 Å². The van der Waals surface area contributed by atoms with Gasteiger partial charge in [0.05, 0.1) is 12.1 Å². The summed E-state index contributed by atoms with van der Waals surface area (Å²) < 4.78 is 0. The molecule has 1 fully saturated rings. The molecule has 0 atom stereocenters. The van der Waals surface area contributed by atoms with Crippen molar-refractivity contribution in [2.75, 3.05) is 24.5 Å². The van der Waals surface area contributed by atoms with Gasteiger partial charge in [-0.25, -0.2) is 4.98 Å². The number of nitrogens with two attached hydrogens (primary N) is 1. The minimum atomic E-state index is 0.0332. The second kappa shape index (κ2) is 5.09. The van der Waals surface area contributed by atoms with Crippen LogP contribution in [-0.4, -0.2) is 30.5 Å². The van der Waals surface area contributed by atoms with Gasteiger partial charge in [0.25, 0.3) is 0 Å². The van der Waals surface area contributed by atoms with E-state index in [4.69, 9.17) is 10.7 Å². The summed E-state index contributed by atoms with van der Waals surface area (Å²) in [5.74, 6) is 0.870. The molecule has 5 nitrogen and oxygen atoms in total. The summed E-state index contributed by atoms with van der Waals surface area (Å²) in [5.41, 5.74) is 8.95. The Kier molecular flexibility index (Phi) is 3.28. The number of piperazine rings is 1. The number of nitrogens with zero attached hydrogens (tertiary/aromatic N) is 2. The minimum Gasteiger partial charge on any atom is -0.353 e. The van der Waals surface area contributed by atoms with Gasteiger partial charge in [-0.15, -0.1) is 0 Å². The van der Waals surface area contributed by atoms with E-state index in [1.807, 2.05) is 30.0 Å². The molecule has 0 unspecified atom stereocenters. The predicted molar refractivity (Wildman–Crippen MR) is 79.6 cm³/mol. The quantitative estimate of drug-likeness (QED) is 0.852. The van der Waals surface area contributed by atoms with E-state index in [0.29, 0.717) is 19.6 Å². The normalized spacial score (nSPS) is 15.5. The van der Waals surface area contributed by atoms with Crippen LogP contribution in [0.4, 0.5) is 5.82 Å². The third kappa shape index (κ3) is 2.20. The van der Waals surface area contributed by atoms with Crippen LogP contribution in [0.1, 0.15) is 11.1 Å². The molecule has 2 aromatic rings. The topological polar surface area (TPSA) is 71.2 Å². The lowest BCUT2D eigenvalue weighted by Crippen LogP contribution is -2.48. The molecule has 1 aromatic carbocycles. The number of aryl methyl sites for hydroxylation is 1. The average molecular weight is 270 g/mol. The maximum atomic E-state index is 11.6. The number of fused-ring (bicyclic) bond motifs is 1. The van der Waals surface area contributed by atoms with Gasteiger partial charge in [0.15, 0.2) is 0 Å². The first kappa shape index (κ1) is 12.9. The highest BCUT2D eigenvalue weighted by molar-refractivity contribution is 5.87. The van der Waals surface area contributed by atoms with E-state index < -0.39 is 0 Å². The molecule has 5 heteroatoms. The highest BCUT2D eigenvalue weighted by Gasteiger charge is 2.20.